The van der Waals surface area contributed by atoms with E-state index in [0.29, 0.717) is 0 Å². The van der Waals surface area contributed by atoms with Crippen LogP contribution < -0.4 is 0 Å². The molecule has 0 heterocycles. The minimum absolute atomic E-state index is 0.134. The third kappa shape index (κ3) is 1.98. The first-order valence-electron chi connectivity index (χ1n) is 4.05. The number of aliphatic carboxylic acids is 1. The normalized spacial score (nSPS) is 32.9. The van der Waals surface area contributed by atoms with Crippen molar-refractivity contribution in [1.82, 2.24) is 0 Å². The number of carbonyl (C=O) groups is 2. The standard InChI is InChI=1S/C8H12O5/c1-13-8(12)6-3-4(9)2-5(6)7(10)11/h4-6,9H,2-3H2,1H3,(H,10,11)/t4?,5-,6-/m0/s1. The Kier molecular flexibility index (Phi) is 2.87. The zero-order valence-corrected chi connectivity index (χ0v) is 7.27. The van der Waals surface area contributed by atoms with Crippen LogP contribution >= 0.6 is 0 Å². The number of ether oxygens (including phenoxy) is 1. The number of carboxylic acid groups (broad SMARTS) is 1. The highest BCUT2D eigenvalue weighted by molar-refractivity contribution is 5.81. The van der Waals surface area contributed by atoms with E-state index in [0.717, 1.165) is 0 Å². The molecule has 0 aromatic carbocycles. The number of rotatable bonds is 2. The van der Waals surface area contributed by atoms with Crippen molar-refractivity contribution in [2.45, 2.75) is 18.9 Å². The van der Waals surface area contributed by atoms with Crippen LogP contribution in [0.15, 0.2) is 0 Å². The molecule has 0 radical (unpaired) electrons. The van der Waals surface area contributed by atoms with Crippen molar-refractivity contribution in [3.63, 3.8) is 0 Å². The number of aliphatic hydroxyl groups is 1. The van der Waals surface area contributed by atoms with Crippen LogP contribution in [0.5, 0.6) is 0 Å². The van der Waals surface area contributed by atoms with Gasteiger partial charge < -0.3 is 14.9 Å². The highest BCUT2D eigenvalue weighted by Crippen LogP contribution is 2.32. The monoisotopic (exact) mass is 188 g/mol. The number of aliphatic hydroxyl groups excluding tert-OH is 1. The highest BCUT2D eigenvalue weighted by Gasteiger charge is 2.42. The number of methoxy groups -OCH3 is 1. The summed E-state index contributed by atoms with van der Waals surface area (Å²) in [4.78, 5) is 21.7. The molecule has 1 saturated carbocycles. The molecule has 13 heavy (non-hydrogen) atoms. The molecule has 1 fully saturated rings. The Morgan fingerprint density at radius 2 is 1.85 bits per heavy atom. The largest absolute Gasteiger partial charge is 0.481 e. The van der Waals surface area contributed by atoms with Gasteiger partial charge in [0.05, 0.1) is 25.0 Å². The van der Waals surface area contributed by atoms with Crippen LogP contribution in [0.25, 0.3) is 0 Å². The molecule has 0 bridgehead atoms. The van der Waals surface area contributed by atoms with Gasteiger partial charge in [0, 0.05) is 0 Å². The van der Waals surface area contributed by atoms with E-state index < -0.39 is 29.9 Å². The van der Waals surface area contributed by atoms with E-state index in [1.165, 1.54) is 7.11 Å². The molecule has 1 rings (SSSR count). The van der Waals surface area contributed by atoms with Crippen molar-refractivity contribution in [2.75, 3.05) is 7.11 Å². The summed E-state index contributed by atoms with van der Waals surface area (Å²) >= 11 is 0. The van der Waals surface area contributed by atoms with Crippen molar-refractivity contribution in [1.29, 1.82) is 0 Å². The first-order valence-corrected chi connectivity index (χ1v) is 4.05. The van der Waals surface area contributed by atoms with E-state index in [1.54, 1.807) is 0 Å². The molecule has 5 nitrogen and oxygen atoms in total. The first-order chi connectivity index (χ1) is 6.06. The summed E-state index contributed by atoms with van der Waals surface area (Å²) in [6.45, 7) is 0. The lowest BCUT2D eigenvalue weighted by molar-refractivity contribution is -0.154. The molecule has 0 saturated heterocycles. The van der Waals surface area contributed by atoms with Crippen LogP contribution in [0.1, 0.15) is 12.8 Å². The Labute approximate surface area is 75.3 Å². The van der Waals surface area contributed by atoms with E-state index in [-0.39, 0.29) is 12.8 Å². The van der Waals surface area contributed by atoms with Gasteiger partial charge in [-0.05, 0) is 12.8 Å². The fourth-order valence-electron chi connectivity index (χ4n) is 1.70. The molecule has 1 aliphatic carbocycles. The van der Waals surface area contributed by atoms with Crippen LogP contribution in [0, 0.1) is 11.8 Å². The zero-order valence-electron chi connectivity index (χ0n) is 7.27. The van der Waals surface area contributed by atoms with Gasteiger partial charge in [-0.1, -0.05) is 0 Å². The maximum Gasteiger partial charge on any atom is 0.309 e. The third-order valence-corrected chi connectivity index (χ3v) is 2.36. The zero-order chi connectivity index (χ0) is 10.0. The highest BCUT2D eigenvalue weighted by atomic mass is 16.5. The smallest absolute Gasteiger partial charge is 0.309 e. The Hall–Kier alpha value is -1.10. The van der Waals surface area contributed by atoms with Gasteiger partial charge in [-0.3, -0.25) is 9.59 Å². The lowest BCUT2D eigenvalue weighted by Crippen LogP contribution is -2.26. The van der Waals surface area contributed by atoms with Gasteiger partial charge in [-0.2, -0.15) is 0 Å². The fourth-order valence-corrected chi connectivity index (χ4v) is 1.70. The van der Waals surface area contributed by atoms with Crippen molar-refractivity contribution >= 4 is 11.9 Å². The molecule has 2 N–H and O–H groups in total. The molecule has 0 spiro atoms. The predicted octanol–water partition coefficient (Wildman–Crippen LogP) is -0.369. The van der Waals surface area contributed by atoms with Crippen LogP contribution in [0.4, 0.5) is 0 Å². The van der Waals surface area contributed by atoms with E-state index in [2.05, 4.69) is 4.74 Å². The Bertz CT molecular complexity index is 225. The fraction of sp³-hybridized carbons (Fsp3) is 0.750. The quantitative estimate of drug-likeness (QED) is 0.578. The van der Waals surface area contributed by atoms with E-state index >= 15 is 0 Å². The van der Waals surface area contributed by atoms with Gasteiger partial charge in [0.25, 0.3) is 0 Å². The summed E-state index contributed by atoms with van der Waals surface area (Å²) in [6.07, 6.45) is -0.385. The van der Waals surface area contributed by atoms with Gasteiger partial charge in [0.1, 0.15) is 0 Å². The third-order valence-electron chi connectivity index (χ3n) is 2.36. The minimum Gasteiger partial charge on any atom is -0.481 e. The van der Waals surface area contributed by atoms with E-state index in [1.807, 2.05) is 0 Å². The molecule has 0 aromatic heterocycles. The average Bonchev–Trinajstić information content (AvgIpc) is 2.46. The molecule has 74 valence electrons. The van der Waals surface area contributed by atoms with Crippen LogP contribution in [-0.4, -0.2) is 35.4 Å². The summed E-state index contributed by atoms with van der Waals surface area (Å²) in [5.74, 6) is -3.10. The Balaban J connectivity index is 2.71. The maximum atomic E-state index is 11.1. The van der Waals surface area contributed by atoms with Crippen LogP contribution in [0.2, 0.25) is 0 Å². The summed E-state index contributed by atoms with van der Waals surface area (Å²) in [5, 5.41) is 17.9. The predicted molar refractivity (Wildman–Crippen MR) is 41.9 cm³/mol. The molecule has 5 heteroatoms. The molecular formula is C8H12O5. The topological polar surface area (TPSA) is 83.8 Å². The van der Waals surface area contributed by atoms with Crippen LogP contribution in [0.3, 0.4) is 0 Å². The minimum atomic E-state index is -1.05. The van der Waals surface area contributed by atoms with Crippen molar-refractivity contribution in [3.8, 4) is 0 Å². The summed E-state index contributed by atoms with van der Waals surface area (Å²) in [5.41, 5.74) is 0. The molecule has 3 atom stereocenters. The van der Waals surface area contributed by atoms with Gasteiger partial charge >= 0.3 is 11.9 Å². The van der Waals surface area contributed by atoms with Crippen molar-refractivity contribution < 1.29 is 24.5 Å². The summed E-state index contributed by atoms with van der Waals surface area (Å²) in [7, 11) is 1.21. The first kappa shape index (κ1) is 9.98. The lowest BCUT2D eigenvalue weighted by Gasteiger charge is -2.11. The maximum absolute atomic E-state index is 11.1. The second kappa shape index (κ2) is 3.74. The average molecular weight is 188 g/mol. The number of hydrogen-bond acceptors (Lipinski definition) is 4. The molecule has 0 amide bonds. The Morgan fingerprint density at radius 3 is 2.31 bits per heavy atom. The molecular weight excluding hydrogens is 176 g/mol. The van der Waals surface area contributed by atoms with Gasteiger partial charge in [-0.25, -0.2) is 0 Å². The van der Waals surface area contributed by atoms with Crippen molar-refractivity contribution in [2.24, 2.45) is 11.8 Å². The van der Waals surface area contributed by atoms with E-state index in [4.69, 9.17) is 5.11 Å². The van der Waals surface area contributed by atoms with Gasteiger partial charge in [-0.15, -0.1) is 0 Å². The number of hydrogen-bond donors (Lipinski definition) is 2. The van der Waals surface area contributed by atoms with Gasteiger partial charge in [0.15, 0.2) is 0 Å². The van der Waals surface area contributed by atoms with Crippen LogP contribution in [-0.2, 0) is 14.3 Å². The van der Waals surface area contributed by atoms with E-state index in [9.17, 15) is 14.7 Å². The summed E-state index contributed by atoms with van der Waals surface area (Å²) < 4.78 is 4.45. The van der Waals surface area contributed by atoms with Crippen molar-refractivity contribution in [3.05, 3.63) is 0 Å². The molecule has 1 aliphatic rings. The summed E-state index contributed by atoms with van der Waals surface area (Å²) in [6, 6.07) is 0. The molecule has 0 aliphatic heterocycles. The number of esters is 1. The second-order valence-corrected chi connectivity index (χ2v) is 3.20. The number of carbonyl (C=O) groups excluding carboxylic acids is 1. The van der Waals surface area contributed by atoms with Gasteiger partial charge in [0.2, 0.25) is 0 Å². The molecule has 1 unspecified atom stereocenters. The SMILES string of the molecule is COC(=O)[C@H]1CC(O)C[C@@H]1C(=O)O. The lowest BCUT2D eigenvalue weighted by atomic mass is 9.97. The molecule has 0 aromatic rings. The second-order valence-electron chi connectivity index (χ2n) is 3.20. The number of carboxylic acids is 1. The Morgan fingerprint density at radius 1 is 1.31 bits per heavy atom.